The summed E-state index contributed by atoms with van der Waals surface area (Å²) in [4.78, 5) is 8.71. The zero-order valence-electron chi connectivity index (χ0n) is 11.5. The molecule has 23 heavy (non-hydrogen) atoms. The predicted molar refractivity (Wildman–Crippen MR) is 76.5 cm³/mol. The summed E-state index contributed by atoms with van der Waals surface area (Å²) in [7, 11) is 0. The normalized spacial score (nSPS) is 12.1. The van der Waals surface area contributed by atoms with E-state index in [1.807, 2.05) is 0 Å². The van der Waals surface area contributed by atoms with Crippen LogP contribution in [0.1, 0.15) is 5.56 Å². The highest BCUT2D eigenvalue weighted by Gasteiger charge is 2.30. The van der Waals surface area contributed by atoms with E-state index in [2.05, 4.69) is 20.2 Å². The number of aromatic nitrogens is 5. The van der Waals surface area contributed by atoms with Crippen molar-refractivity contribution < 1.29 is 13.2 Å². The van der Waals surface area contributed by atoms with Gasteiger partial charge in [0.1, 0.15) is 17.7 Å². The molecule has 8 heteroatoms. The maximum absolute atomic E-state index is 12.7. The second kappa shape index (κ2) is 4.73. The summed E-state index contributed by atoms with van der Waals surface area (Å²) in [5.41, 5.74) is 1.52. The average molecular weight is 315 g/mol. The van der Waals surface area contributed by atoms with Crippen LogP contribution in [0, 0.1) is 0 Å². The highest BCUT2D eigenvalue weighted by atomic mass is 19.4. The average Bonchev–Trinajstić information content (AvgIpc) is 3.03. The second-order valence-electron chi connectivity index (χ2n) is 4.91. The molecule has 0 saturated carbocycles. The smallest absolute Gasteiger partial charge is 0.263 e. The van der Waals surface area contributed by atoms with Crippen molar-refractivity contribution in [2.75, 3.05) is 0 Å². The molecular formula is C15H8F3N5. The maximum atomic E-state index is 12.7. The van der Waals surface area contributed by atoms with Crippen molar-refractivity contribution >= 4 is 16.7 Å². The highest BCUT2D eigenvalue weighted by Crippen LogP contribution is 2.31. The molecule has 5 nitrogen and oxygen atoms in total. The predicted octanol–water partition coefficient (Wildman–Crippen LogP) is 3.36. The van der Waals surface area contributed by atoms with Crippen molar-refractivity contribution in [2.45, 2.75) is 6.18 Å². The summed E-state index contributed by atoms with van der Waals surface area (Å²) < 4.78 is 39.7. The van der Waals surface area contributed by atoms with Gasteiger partial charge in [-0.15, -0.1) is 10.2 Å². The monoisotopic (exact) mass is 315 g/mol. The molecule has 0 bridgehead atoms. The van der Waals surface area contributed by atoms with Gasteiger partial charge in [0.15, 0.2) is 5.65 Å². The van der Waals surface area contributed by atoms with Gasteiger partial charge in [-0.2, -0.15) is 13.2 Å². The highest BCUT2D eigenvalue weighted by molar-refractivity contribution is 5.89. The summed E-state index contributed by atoms with van der Waals surface area (Å²) in [6.07, 6.45) is -1.29. The first-order valence-electron chi connectivity index (χ1n) is 6.66. The Morgan fingerprint density at radius 3 is 2.52 bits per heavy atom. The fraction of sp³-hybridized carbons (Fsp3) is 0.0667. The van der Waals surface area contributed by atoms with Crippen molar-refractivity contribution in [1.29, 1.82) is 0 Å². The van der Waals surface area contributed by atoms with Crippen LogP contribution in [0.3, 0.4) is 0 Å². The van der Waals surface area contributed by atoms with E-state index in [1.165, 1.54) is 18.5 Å². The molecule has 0 aliphatic heterocycles. The van der Waals surface area contributed by atoms with E-state index in [0.717, 1.165) is 12.1 Å². The van der Waals surface area contributed by atoms with Crippen LogP contribution in [0.5, 0.6) is 0 Å². The Hall–Kier alpha value is -3.03. The van der Waals surface area contributed by atoms with E-state index in [0.29, 0.717) is 28.1 Å². The number of alkyl halides is 3. The Bertz CT molecular complexity index is 1010. The molecule has 0 fully saturated rings. The van der Waals surface area contributed by atoms with Crippen LogP contribution < -0.4 is 0 Å². The van der Waals surface area contributed by atoms with E-state index >= 15 is 0 Å². The van der Waals surface area contributed by atoms with Crippen LogP contribution in [-0.2, 0) is 6.18 Å². The van der Waals surface area contributed by atoms with Gasteiger partial charge in [0.05, 0.1) is 11.1 Å². The maximum Gasteiger partial charge on any atom is 0.416 e. The first-order chi connectivity index (χ1) is 11.0. The lowest BCUT2D eigenvalue weighted by molar-refractivity contribution is -0.137. The van der Waals surface area contributed by atoms with Gasteiger partial charge in [-0.1, -0.05) is 12.1 Å². The molecule has 1 aromatic carbocycles. The summed E-state index contributed by atoms with van der Waals surface area (Å²) in [5, 5.41) is 7.87. The quantitative estimate of drug-likeness (QED) is 0.540. The van der Waals surface area contributed by atoms with Crippen molar-refractivity contribution in [3.05, 3.63) is 54.5 Å². The molecule has 3 aromatic heterocycles. The molecule has 0 amide bonds. The van der Waals surface area contributed by atoms with Gasteiger partial charge >= 0.3 is 6.18 Å². The molecule has 0 unspecified atom stereocenters. The Morgan fingerprint density at radius 2 is 1.78 bits per heavy atom. The molecule has 114 valence electrons. The van der Waals surface area contributed by atoms with Crippen molar-refractivity contribution in [2.24, 2.45) is 0 Å². The Kier molecular flexibility index (Phi) is 2.80. The van der Waals surface area contributed by atoms with Crippen LogP contribution in [0.25, 0.3) is 28.1 Å². The van der Waals surface area contributed by atoms with E-state index in [1.54, 1.807) is 22.7 Å². The van der Waals surface area contributed by atoms with E-state index in [4.69, 9.17) is 0 Å². The van der Waals surface area contributed by atoms with Gasteiger partial charge in [-0.05, 0) is 24.3 Å². The third-order valence-corrected chi connectivity index (χ3v) is 3.47. The molecule has 3 heterocycles. The number of hydrogen-bond donors (Lipinski definition) is 0. The molecule has 4 rings (SSSR count). The van der Waals surface area contributed by atoms with E-state index in [9.17, 15) is 13.2 Å². The number of pyridine rings is 1. The molecule has 4 aromatic rings. The van der Waals surface area contributed by atoms with Crippen LogP contribution in [0.2, 0.25) is 0 Å². The minimum absolute atomic E-state index is 0.458. The zero-order chi connectivity index (χ0) is 16.0. The van der Waals surface area contributed by atoms with Gasteiger partial charge in [-0.25, -0.2) is 4.98 Å². The topological polar surface area (TPSA) is 56.0 Å². The number of benzene rings is 1. The first-order valence-corrected chi connectivity index (χ1v) is 6.66. The molecule has 0 radical (unpaired) electrons. The largest absolute Gasteiger partial charge is 0.416 e. The van der Waals surface area contributed by atoms with Gasteiger partial charge < -0.3 is 0 Å². The third kappa shape index (κ3) is 2.19. The number of fused-ring (bicyclic) bond motifs is 3. The van der Waals surface area contributed by atoms with Gasteiger partial charge in [0.2, 0.25) is 0 Å². The minimum Gasteiger partial charge on any atom is -0.263 e. The first kappa shape index (κ1) is 13.6. The SMILES string of the molecule is FC(F)(F)c1ccc(-c2nc3cccnc3c3nncn23)cc1. The van der Waals surface area contributed by atoms with Crippen LogP contribution in [-0.4, -0.2) is 24.6 Å². The zero-order valence-corrected chi connectivity index (χ0v) is 11.5. The fourth-order valence-corrected chi connectivity index (χ4v) is 2.39. The molecule has 0 aliphatic carbocycles. The van der Waals surface area contributed by atoms with Gasteiger partial charge in [-0.3, -0.25) is 9.38 Å². The third-order valence-electron chi connectivity index (χ3n) is 3.47. The summed E-state index contributed by atoms with van der Waals surface area (Å²) in [6, 6.07) is 8.32. The van der Waals surface area contributed by atoms with Crippen LogP contribution in [0.15, 0.2) is 48.9 Å². The lowest BCUT2D eigenvalue weighted by Crippen LogP contribution is -2.04. The number of halogens is 3. The van der Waals surface area contributed by atoms with Crippen LogP contribution >= 0.6 is 0 Å². The van der Waals surface area contributed by atoms with Crippen LogP contribution in [0.4, 0.5) is 13.2 Å². The summed E-state index contributed by atoms with van der Waals surface area (Å²) >= 11 is 0. The van der Waals surface area contributed by atoms with Crippen molar-refractivity contribution in [1.82, 2.24) is 24.6 Å². The summed E-state index contributed by atoms with van der Waals surface area (Å²) in [5.74, 6) is 0.458. The summed E-state index contributed by atoms with van der Waals surface area (Å²) in [6.45, 7) is 0. The van der Waals surface area contributed by atoms with E-state index in [-0.39, 0.29) is 0 Å². The molecule has 0 saturated heterocycles. The lowest BCUT2D eigenvalue weighted by atomic mass is 10.1. The second-order valence-corrected chi connectivity index (χ2v) is 4.91. The van der Waals surface area contributed by atoms with Crippen molar-refractivity contribution in [3.63, 3.8) is 0 Å². The van der Waals surface area contributed by atoms with Gasteiger partial charge in [0, 0.05) is 11.8 Å². The number of rotatable bonds is 1. The Labute approximate surface area is 127 Å². The molecule has 0 atom stereocenters. The molecule has 0 N–H and O–H groups in total. The Balaban J connectivity index is 1.95. The molecule has 0 aliphatic rings. The molecule has 0 spiro atoms. The molecular weight excluding hydrogens is 307 g/mol. The Morgan fingerprint density at radius 1 is 1.00 bits per heavy atom. The number of nitrogens with zero attached hydrogens (tertiary/aromatic N) is 5. The van der Waals surface area contributed by atoms with Crippen molar-refractivity contribution in [3.8, 4) is 11.4 Å². The lowest BCUT2D eigenvalue weighted by Gasteiger charge is -2.09. The fourth-order valence-electron chi connectivity index (χ4n) is 2.39. The van der Waals surface area contributed by atoms with Gasteiger partial charge in [0.25, 0.3) is 0 Å². The number of hydrogen-bond acceptors (Lipinski definition) is 4. The standard InChI is InChI=1S/C15H8F3N5/c16-15(17,18)10-5-3-9(4-6-10)13-21-11-2-1-7-19-12(11)14-22-20-8-23(13)14/h1-8H. The van der Waals surface area contributed by atoms with E-state index < -0.39 is 11.7 Å². The minimum atomic E-state index is -4.37.